The number of nitrogens with zero attached hydrogens (tertiary/aromatic N) is 1. The molecule has 1 saturated heterocycles. The number of rotatable bonds is 5. The van der Waals surface area contributed by atoms with E-state index in [4.69, 9.17) is 4.74 Å². The number of amides is 3. The molecule has 1 aliphatic heterocycles. The Morgan fingerprint density at radius 3 is 2.46 bits per heavy atom. The van der Waals surface area contributed by atoms with Gasteiger partial charge in [-0.2, -0.15) is 0 Å². The van der Waals surface area contributed by atoms with Gasteiger partial charge in [0.25, 0.3) is 5.91 Å². The minimum atomic E-state index is -0.0955. The topological polar surface area (TPSA) is 70.7 Å². The third kappa shape index (κ3) is 5.25. The summed E-state index contributed by atoms with van der Waals surface area (Å²) in [7, 11) is 0. The van der Waals surface area contributed by atoms with Crippen molar-refractivity contribution in [3.63, 3.8) is 0 Å². The predicted molar refractivity (Wildman–Crippen MR) is 110 cm³/mol. The summed E-state index contributed by atoms with van der Waals surface area (Å²) < 4.78 is 5.40. The summed E-state index contributed by atoms with van der Waals surface area (Å²) in [6.45, 7) is 5.75. The largest absolute Gasteiger partial charge is 0.494 e. The van der Waals surface area contributed by atoms with Gasteiger partial charge < -0.3 is 20.3 Å². The first-order valence-electron chi connectivity index (χ1n) is 9.71. The minimum Gasteiger partial charge on any atom is -0.494 e. The highest BCUT2D eigenvalue weighted by Crippen LogP contribution is 2.16. The molecule has 1 fully saturated rings. The summed E-state index contributed by atoms with van der Waals surface area (Å²) in [5.74, 6) is 0.665. The average molecular weight is 381 g/mol. The van der Waals surface area contributed by atoms with E-state index in [0.29, 0.717) is 25.3 Å². The number of carbonyl (C=O) groups excluding carboxylic acids is 2. The van der Waals surface area contributed by atoms with Gasteiger partial charge in [0.2, 0.25) is 0 Å². The summed E-state index contributed by atoms with van der Waals surface area (Å²) >= 11 is 0. The molecule has 0 spiro atoms. The van der Waals surface area contributed by atoms with E-state index in [1.807, 2.05) is 38.1 Å². The van der Waals surface area contributed by atoms with Crippen LogP contribution in [0.5, 0.6) is 5.75 Å². The number of carbonyl (C=O) groups is 2. The number of ether oxygens (including phenoxy) is 1. The molecule has 3 rings (SSSR count). The Morgan fingerprint density at radius 1 is 1.11 bits per heavy atom. The number of urea groups is 1. The van der Waals surface area contributed by atoms with Crippen LogP contribution < -0.4 is 15.4 Å². The molecule has 0 bridgehead atoms. The summed E-state index contributed by atoms with van der Waals surface area (Å²) in [5.41, 5.74) is 2.52. The lowest BCUT2D eigenvalue weighted by atomic mass is 10.0. The Bertz CT molecular complexity index is 812. The molecule has 2 N–H and O–H groups in total. The van der Waals surface area contributed by atoms with Crippen LogP contribution in [0.2, 0.25) is 0 Å². The lowest BCUT2D eigenvalue weighted by Crippen LogP contribution is -2.47. The van der Waals surface area contributed by atoms with Crippen LogP contribution in [0.25, 0.3) is 0 Å². The van der Waals surface area contributed by atoms with E-state index in [1.54, 1.807) is 29.2 Å². The van der Waals surface area contributed by atoms with Crippen LogP contribution in [-0.2, 0) is 0 Å². The molecule has 2 aromatic rings. The third-order valence-electron chi connectivity index (χ3n) is 4.81. The van der Waals surface area contributed by atoms with E-state index < -0.39 is 0 Å². The molecular formula is C22H27N3O3. The highest BCUT2D eigenvalue weighted by molar-refractivity contribution is 5.94. The maximum Gasteiger partial charge on any atom is 0.321 e. The second-order valence-electron chi connectivity index (χ2n) is 6.99. The van der Waals surface area contributed by atoms with E-state index in [9.17, 15) is 9.59 Å². The molecule has 28 heavy (non-hydrogen) atoms. The van der Waals surface area contributed by atoms with Gasteiger partial charge in [-0.05, 0) is 68.7 Å². The predicted octanol–water partition coefficient (Wildman–Crippen LogP) is 3.82. The van der Waals surface area contributed by atoms with Crippen molar-refractivity contribution in [1.29, 1.82) is 0 Å². The van der Waals surface area contributed by atoms with Gasteiger partial charge in [-0.25, -0.2) is 4.79 Å². The number of hydrogen-bond donors (Lipinski definition) is 2. The first-order chi connectivity index (χ1) is 13.5. The van der Waals surface area contributed by atoms with Gasteiger partial charge in [0.1, 0.15) is 5.75 Å². The number of anilines is 1. The van der Waals surface area contributed by atoms with Gasteiger partial charge >= 0.3 is 6.03 Å². The fourth-order valence-corrected chi connectivity index (χ4v) is 3.29. The monoisotopic (exact) mass is 381 g/mol. The lowest BCUT2D eigenvalue weighted by Gasteiger charge is -2.32. The number of nitrogens with one attached hydrogen (secondary N) is 2. The Balaban J connectivity index is 1.46. The molecule has 0 atom stereocenters. The Hall–Kier alpha value is -3.02. The normalized spacial score (nSPS) is 14.4. The van der Waals surface area contributed by atoms with Crippen molar-refractivity contribution in [2.45, 2.75) is 32.7 Å². The third-order valence-corrected chi connectivity index (χ3v) is 4.81. The zero-order valence-electron chi connectivity index (χ0n) is 16.4. The van der Waals surface area contributed by atoms with Crippen LogP contribution in [-0.4, -0.2) is 42.6 Å². The van der Waals surface area contributed by atoms with Crippen LogP contribution in [0.15, 0.2) is 48.5 Å². The average Bonchev–Trinajstić information content (AvgIpc) is 2.69. The van der Waals surface area contributed by atoms with Crippen molar-refractivity contribution in [3.8, 4) is 5.75 Å². The molecule has 3 amide bonds. The van der Waals surface area contributed by atoms with E-state index in [0.717, 1.165) is 29.8 Å². The minimum absolute atomic E-state index is 0.0714. The van der Waals surface area contributed by atoms with Crippen molar-refractivity contribution in [3.05, 3.63) is 59.7 Å². The van der Waals surface area contributed by atoms with Crippen LogP contribution in [0.3, 0.4) is 0 Å². The highest BCUT2D eigenvalue weighted by atomic mass is 16.5. The smallest absolute Gasteiger partial charge is 0.321 e. The maximum absolute atomic E-state index is 12.4. The zero-order chi connectivity index (χ0) is 19.9. The fourth-order valence-electron chi connectivity index (χ4n) is 3.29. The first-order valence-corrected chi connectivity index (χ1v) is 9.71. The number of piperidine rings is 1. The summed E-state index contributed by atoms with van der Waals surface area (Å²) in [4.78, 5) is 26.6. The second-order valence-corrected chi connectivity index (χ2v) is 6.99. The van der Waals surface area contributed by atoms with E-state index >= 15 is 0 Å². The van der Waals surface area contributed by atoms with Gasteiger partial charge in [-0.3, -0.25) is 4.79 Å². The van der Waals surface area contributed by atoms with Gasteiger partial charge in [0.15, 0.2) is 0 Å². The highest BCUT2D eigenvalue weighted by Gasteiger charge is 2.24. The molecule has 1 heterocycles. The van der Waals surface area contributed by atoms with E-state index in [2.05, 4.69) is 10.6 Å². The quantitative estimate of drug-likeness (QED) is 0.827. The van der Waals surface area contributed by atoms with Gasteiger partial charge in [-0.1, -0.05) is 12.1 Å². The number of likely N-dealkylation sites (tertiary alicyclic amines) is 1. The van der Waals surface area contributed by atoms with Gasteiger partial charge in [0.05, 0.1) is 6.61 Å². The standard InChI is InChI=1S/C22H27N3O3/c1-3-28-20-9-7-17(8-10-20)21(26)23-18-11-13-25(14-12-18)22(27)24-19-6-4-5-16(2)15-19/h4-10,15,18H,3,11-14H2,1-2H3,(H,23,26)(H,24,27). The number of hydrogen-bond acceptors (Lipinski definition) is 3. The SMILES string of the molecule is CCOc1ccc(C(=O)NC2CCN(C(=O)Nc3cccc(C)c3)CC2)cc1. The fraction of sp³-hybridized carbons (Fsp3) is 0.364. The summed E-state index contributed by atoms with van der Waals surface area (Å²) in [5, 5.41) is 6.00. The van der Waals surface area contributed by atoms with Crippen molar-refractivity contribution < 1.29 is 14.3 Å². The molecule has 6 nitrogen and oxygen atoms in total. The van der Waals surface area contributed by atoms with E-state index in [-0.39, 0.29) is 18.0 Å². The van der Waals surface area contributed by atoms with E-state index in [1.165, 1.54) is 0 Å². The molecule has 148 valence electrons. The van der Waals surface area contributed by atoms with Gasteiger partial charge in [0, 0.05) is 30.4 Å². The molecule has 0 aliphatic carbocycles. The Labute approximate surface area is 165 Å². The first kappa shape index (κ1) is 19.7. The molecule has 0 unspecified atom stereocenters. The summed E-state index contributed by atoms with van der Waals surface area (Å²) in [6, 6.07) is 14.9. The van der Waals surface area contributed by atoms with Gasteiger partial charge in [-0.15, -0.1) is 0 Å². The van der Waals surface area contributed by atoms with Crippen LogP contribution in [0, 0.1) is 6.92 Å². The van der Waals surface area contributed by atoms with Crippen LogP contribution in [0.4, 0.5) is 10.5 Å². The Kier molecular flexibility index (Phi) is 6.53. The van der Waals surface area contributed by atoms with Crippen molar-refractivity contribution in [2.24, 2.45) is 0 Å². The molecule has 0 saturated carbocycles. The number of benzene rings is 2. The van der Waals surface area contributed by atoms with Crippen LogP contribution >= 0.6 is 0 Å². The lowest BCUT2D eigenvalue weighted by molar-refractivity contribution is 0.0919. The molecule has 2 aromatic carbocycles. The molecule has 6 heteroatoms. The Morgan fingerprint density at radius 2 is 1.82 bits per heavy atom. The van der Waals surface area contributed by atoms with Crippen molar-refractivity contribution >= 4 is 17.6 Å². The number of aryl methyl sites for hydroxylation is 1. The van der Waals surface area contributed by atoms with Crippen molar-refractivity contribution in [1.82, 2.24) is 10.2 Å². The molecular weight excluding hydrogens is 354 g/mol. The van der Waals surface area contributed by atoms with Crippen molar-refractivity contribution in [2.75, 3.05) is 25.0 Å². The molecule has 0 radical (unpaired) electrons. The maximum atomic E-state index is 12.4. The summed E-state index contributed by atoms with van der Waals surface area (Å²) in [6.07, 6.45) is 1.48. The second kappa shape index (κ2) is 9.26. The molecule has 1 aliphatic rings. The van der Waals surface area contributed by atoms with Crippen LogP contribution in [0.1, 0.15) is 35.7 Å². The molecule has 0 aromatic heterocycles. The zero-order valence-corrected chi connectivity index (χ0v) is 16.4.